The SMILES string of the molecule is CCCOc1ccc([C@H]2CC[C@H](C#Cc3ccc(F)nc3)CC2)cc1.CCOc1ccc([C@H]2CC[C@H](C#Cc3ccc(F)nc3)CC2)cc1. The monoisotopic (exact) mass is 660 g/mol. The second-order valence-electron chi connectivity index (χ2n) is 12.8. The third-order valence-corrected chi connectivity index (χ3v) is 9.24. The van der Waals surface area contributed by atoms with E-state index < -0.39 is 11.9 Å². The van der Waals surface area contributed by atoms with E-state index in [9.17, 15) is 8.78 Å². The van der Waals surface area contributed by atoms with Gasteiger partial charge in [0.05, 0.1) is 13.2 Å². The first-order valence-corrected chi connectivity index (χ1v) is 17.7. The molecule has 6 rings (SSSR count). The van der Waals surface area contributed by atoms with Crippen LogP contribution in [0.1, 0.15) is 106 Å². The van der Waals surface area contributed by atoms with Crippen molar-refractivity contribution in [1.29, 1.82) is 0 Å². The predicted octanol–water partition coefficient (Wildman–Crippen LogP) is 10.3. The Bertz CT molecular complexity index is 1680. The highest BCUT2D eigenvalue weighted by atomic mass is 19.1. The van der Waals surface area contributed by atoms with Crippen LogP contribution in [0.15, 0.2) is 85.2 Å². The summed E-state index contributed by atoms with van der Waals surface area (Å²) >= 11 is 0. The van der Waals surface area contributed by atoms with E-state index in [4.69, 9.17) is 9.47 Å². The molecule has 2 aliphatic carbocycles. The molecule has 254 valence electrons. The molecular formula is C43H46F2N2O2. The number of hydrogen-bond acceptors (Lipinski definition) is 4. The van der Waals surface area contributed by atoms with Crippen molar-refractivity contribution in [3.63, 3.8) is 0 Å². The molecule has 0 unspecified atom stereocenters. The molecule has 2 aromatic heterocycles. The summed E-state index contributed by atoms with van der Waals surface area (Å²) in [6.45, 7) is 5.58. The first-order chi connectivity index (χ1) is 24.0. The average molecular weight is 661 g/mol. The van der Waals surface area contributed by atoms with Crippen molar-refractivity contribution in [1.82, 2.24) is 9.97 Å². The Morgan fingerprint density at radius 2 is 1.00 bits per heavy atom. The maximum Gasteiger partial charge on any atom is 0.212 e. The van der Waals surface area contributed by atoms with Crippen molar-refractivity contribution < 1.29 is 18.3 Å². The highest BCUT2D eigenvalue weighted by Crippen LogP contribution is 2.37. The molecule has 0 saturated heterocycles. The van der Waals surface area contributed by atoms with Gasteiger partial charge in [0, 0.05) is 35.4 Å². The largest absolute Gasteiger partial charge is 0.494 e. The predicted molar refractivity (Wildman–Crippen MR) is 191 cm³/mol. The third-order valence-electron chi connectivity index (χ3n) is 9.24. The number of aromatic nitrogens is 2. The molecule has 0 bridgehead atoms. The van der Waals surface area contributed by atoms with Crippen LogP contribution in [0.25, 0.3) is 0 Å². The van der Waals surface area contributed by atoms with E-state index in [1.54, 1.807) is 12.1 Å². The van der Waals surface area contributed by atoms with Crippen LogP contribution in [-0.2, 0) is 0 Å². The van der Waals surface area contributed by atoms with Crippen LogP contribution >= 0.6 is 0 Å². The molecule has 0 aliphatic heterocycles. The van der Waals surface area contributed by atoms with Crippen molar-refractivity contribution in [2.45, 2.75) is 83.5 Å². The minimum atomic E-state index is -0.462. The molecule has 49 heavy (non-hydrogen) atoms. The lowest BCUT2D eigenvalue weighted by molar-refractivity contribution is 0.317. The molecule has 0 N–H and O–H groups in total. The van der Waals surface area contributed by atoms with Crippen molar-refractivity contribution >= 4 is 0 Å². The average Bonchev–Trinajstić information content (AvgIpc) is 3.15. The van der Waals surface area contributed by atoms with E-state index in [1.807, 2.05) is 6.92 Å². The Labute approximate surface area is 290 Å². The van der Waals surface area contributed by atoms with Gasteiger partial charge in [-0.1, -0.05) is 54.9 Å². The minimum absolute atomic E-state index is 0.425. The van der Waals surface area contributed by atoms with Gasteiger partial charge < -0.3 is 9.47 Å². The van der Waals surface area contributed by atoms with Gasteiger partial charge in [0.15, 0.2) is 0 Å². The molecular weight excluding hydrogens is 614 g/mol. The van der Waals surface area contributed by atoms with Gasteiger partial charge in [-0.05, 0) is 136 Å². The summed E-state index contributed by atoms with van der Waals surface area (Å²) in [4.78, 5) is 7.28. The van der Waals surface area contributed by atoms with Gasteiger partial charge in [0.25, 0.3) is 0 Å². The highest BCUT2D eigenvalue weighted by molar-refractivity contribution is 5.34. The van der Waals surface area contributed by atoms with E-state index in [-0.39, 0.29) is 0 Å². The molecule has 2 fully saturated rings. The van der Waals surface area contributed by atoms with Crippen LogP contribution in [0.4, 0.5) is 8.78 Å². The first-order valence-electron chi connectivity index (χ1n) is 17.7. The summed E-state index contributed by atoms with van der Waals surface area (Å²) in [5.74, 6) is 16.0. The lowest BCUT2D eigenvalue weighted by Crippen LogP contribution is -2.12. The van der Waals surface area contributed by atoms with Crippen molar-refractivity contribution in [2.24, 2.45) is 11.8 Å². The number of halogens is 2. The van der Waals surface area contributed by atoms with Crippen LogP contribution in [0.3, 0.4) is 0 Å². The third kappa shape index (κ3) is 11.5. The van der Waals surface area contributed by atoms with E-state index in [1.165, 1.54) is 35.7 Å². The van der Waals surface area contributed by atoms with Crippen molar-refractivity contribution in [2.75, 3.05) is 13.2 Å². The smallest absolute Gasteiger partial charge is 0.212 e. The van der Waals surface area contributed by atoms with Gasteiger partial charge in [-0.25, -0.2) is 9.97 Å². The molecule has 4 nitrogen and oxygen atoms in total. The van der Waals surface area contributed by atoms with E-state index in [0.717, 1.165) is 87.0 Å². The number of hydrogen-bond donors (Lipinski definition) is 0. The molecule has 0 spiro atoms. The second-order valence-corrected chi connectivity index (χ2v) is 12.8. The molecule has 0 atom stereocenters. The lowest BCUT2D eigenvalue weighted by Gasteiger charge is -2.26. The van der Waals surface area contributed by atoms with Crippen LogP contribution < -0.4 is 9.47 Å². The Balaban J connectivity index is 0.000000191. The molecule has 0 radical (unpaired) electrons. The number of rotatable bonds is 7. The fourth-order valence-corrected chi connectivity index (χ4v) is 6.47. The summed E-state index contributed by atoms with van der Waals surface area (Å²) in [6, 6.07) is 23.1. The van der Waals surface area contributed by atoms with Crippen LogP contribution in [0, 0.1) is 47.4 Å². The maximum atomic E-state index is 12.8. The second kappa shape index (κ2) is 18.8. The topological polar surface area (TPSA) is 44.2 Å². The van der Waals surface area contributed by atoms with Crippen LogP contribution in [0.2, 0.25) is 0 Å². The van der Waals surface area contributed by atoms with Crippen LogP contribution in [0.5, 0.6) is 11.5 Å². The van der Waals surface area contributed by atoms with Crippen molar-refractivity contribution in [3.8, 4) is 35.2 Å². The van der Waals surface area contributed by atoms with E-state index in [0.29, 0.717) is 30.3 Å². The summed E-state index contributed by atoms with van der Waals surface area (Å²) in [5, 5.41) is 0. The molecule has 4 aromatic rings. The normalized spacial score (nSPS) is 19.9. The molecule has 2 aliphatic rings. The minimum Gasteiger partial charge on any atom is -0.494 e. The van der Waals surface area contributed by atoms with Gasteiger partial charge in [-0.3, -0.25) is 0 Å². The van der Waals surface area contributed by atoms with Gasteiger partial charge in [-0.2, -0.15) is 8.78 Å². The van der Waals surface area contributed by atoms with Gasteiger partial charge in [-0.15, -0.1) is 0 Å². The van der Waals surface area contributed by atoms with Gasteiger partial charge in [0.1, 0.15) is 11.5 Å². The zero-order valence-electron chi connectivity index (χ0n) is 28.6. The summed E-state index contributed by atoms with van der Waals surface area (Å²) in [6.07, 6.45) is 13.1. The lowest BCUT2D eigenvalue weighted by atomic mass is 9.79. The first kappa shape index (κ1) is 35.6. The van der Waals surface area contributed by atoms with E-state index >= 15 is 0 Å². The fourth-order valence-electron chi connectivity index (χ4n) is 6.47. The van der Waals surface area contributed by atoms with Gasteiger partial charge in [0.2, 0.25) is 11.9 Å². The fraction of sp³-hybridized carbons (Fsp3) is 0.395. The number of pyridine rings is 2. The molecule has 2 heterocycles. The Morgan fingerprint density at radius 1 is 0.571 bits per heavy atom. The standard InChI is InChI=1S/C22H24FNO.C21H22FNO/c1-2-15-25-21-12-10-20(11-13-21)19-8-5-17(6-9-19)3-4-18-7-14-22(23)24-16-18;1-2-24-20-12-10-19(11-13-20)18-8-5-16(6-9-18)3-4-17-7-14-21(22)23-15-17/h7,10-14,16-17,19H,2,5-6,8-9,15H2,1H3;7,10-16,18H,2,5-6,8-9H2,1H3/t17-,19-;16-,18-. The summed E-state index contributed by atoms with van der Waals surface area (Å²) in [7, 11) is 0. The Kier molecular flexibility index (Phi) is 13.6. The van der Waals surface area contributed by atoms with Gasteiger partial charge >= 0.3 is 0 Å². The number of nitrogens with zero attached hydrogens (tertiary/aromatic N) is 2. The summed E-state index contributed by atoms with van der Waals surface area (Å²) in [5.41, 5.74) is 4.36. The van der Waals surface area contributed by atoms with Crippen molar-refractivity contribution in [3.05, 3.63) is 119 Å². The molecule has 2 aromatic carbocycles. The maximum absolute atomic E-state index is 12.8. The Morgan fingerprint density at radius 3 is 1.37 bits per heavy atom. The number of ether oxygens (including phenoxy) is 2. The number of benzene rings is 2. The quantitative estimate of drug-likeness (QED) is 0.146. The zero-order chi connectivity index (χ0) is 34.3. The van der Waals surface area contributed by atoms with E-state index in [2.05, 4.69) is 89.1 Å². The highest BCUT2D eigenvalue weighted by Gasteiger charge is 2.22. The van der Waals surface area contributed by atoms with Crippen LogP contribution in [-0.4, -0.2) is 23.2 Å². The molecule has 6 heteroatoms. The molecule has 2 saturated carbocycles. The Hall–Kier alpha value is -4.68. The summed E-state index contributed by atoms with van der Waals surface area (Å²) < 4.78 is 36.7. The zero-order valence-corrected chi connectivity index (χ0v) is 28.6. The molecule has 0 amide bonds.